The van der Waals surface area contributed by atoms with Crippen molar-refractivity contribution < 1.29 is 44.0 Å². The fourth-order valence-corrected chi connectivity index (χ4v) is 2.20. The summed E-state index contributed by atoms with van der Waals surface area (Å²) in [6, 6.07) is 0. The fraction of sp³-hybridized carbons (Fsp3) is 1.00. The van der Waals surface area contributed by atoms with E-state index >= 15 is 0 Å². The van der Waals surface area contributed by atoms with Crippen LogP contribution in [0.5, 0.6) is 0 Å². The molecule has 1 aliphatic carbocycles. The average Bonchev–Trinajstić information content (AvgIpc) is 2.34. The Morgan fingerprint density at radius 1 is 1.00 bits per heavy atom. The molecule has 0 aromatic carbocycles. The number of phosphoric ester groups is 1. The van der Waals surface area contributed by atoms with Crippen LogP contribution in [-0.2, 0) is 13.6 Å². The van der Waals surface area contributed by atoms with Crippen molar-refractivity contribution in [1.29, 1.82) is 0 Å². The van der Waals surface area contributed by atoms with Gasteiger partial charge in [-0.3, -0.25) is 4.57 Å². The molecule has 0 aliphatic heterocycles. The number of phosphoric acid groups is 1. The van der Waals surface area contributed by atoms with Crippen molar-refractivity contribution in [3.63, 3.8) is 0 Å². The molecule has 5 N–H and O–H groups in total. The van der Waals surface area contributed by atoms with E-state index in [-0.39, 0.29) is 0 Å². The summed E-state index contributed by atoms with van der Waals surface area (Å²) in [6.45, 7) is -0.697. The Kier molecular flexibility index (Phi) is 5.24. The lowest BCUT2D eigenvalue weighted by molar-refractivity contribution is -0.235. The molecule has 0 spiro atoms. The Labute approximate surface area is 103 Å². The van der Waals surface area contributed by atoms with Gasteiger partial charge in [-0.05, 0) is 0 Å². The van der Waals surface area contributed by atoms with E-state index in [1.54, 1.807) is 0 Å². The Bertz CT molecular complexity index is 308. The van der Waals surface area contributed by atoms with E-state index in [1.807, 2.05) is 0 Å². The molecular weight excluding hydrogens is 271 g/mol. The monoisotopic (exact) mass is 287 g/mol. The van der Waals surface area contributed by atoms with Gasteiger partial charge in [0.1, 0.15) is 18.3 Å². The van der Waals surface area contributed by atoms with Gasteiger partial charge in [-0.15, -0.1) is 0 Å². The molecule has 1 fully saturated rings. The summed E-state index contributed by atoms with van der Waals surface area (Å²) < 4.78 is 19.3. The summed E-state index contributed by atoms with van der Waals surface area (Å²) >= 11 is 0. The predicted molar refractivity (Wildman–Crippen MR) is 54.1 cm³/mol. The topological polar surface area (TPSA) is 160 Å². The zero-order chi connectivity index (χ0) is 14.1. The Hall–Kier alpha value is -0.0900. The van der Waals surface area contributed by atoms with Gasteiger partial charge < -0.3 is 39.5 Å². The fourth-order valence-electron chi connectivity index (χ4n) is 1.74. The predicted octanol–water partition coefficient (Wildman–Crippen LogP) is -3.45. The van der Waals surface area contributed by atoms with Crippen LogP contribution in [0.2, 0.25) is 0 Å². The first kappa shape index (κ1) is 16.0. The van der Waals surface area contributed by atoms with E-state index in [2.05, 4.69) is 9.05 Å². The quantitative estimate of drug-likeness (QED) is 0.331. The third kappa shape index (κ3) is 3.27. The van der Waals surface area contributed by atoms with Gasteiger partial charge in [0.15, 0.2) is 0 Å². The van der Waals surface area contributed by atoms with Crippen LogP contribution in [-0.4, -0.2) is 69.8 Å². The summed E-state index contributed by atoms with van der Waals surface area (Å²) in [5.41, 5.74) is 0. The molecular formula is C8H16O9P-. The number of rotatable bonds is 4. The number of hydrogen-bond donors (Lipinski definition) is 5. The molecule has 0 aromatic heterocycles. The minimum atomic E-state index is -4.55. The molecule has 10 heteroatoms. The van der Waals surface area contributed by atoms with Crippen LogP contribution in [0.15, 0.2) is 0 Å². The Morgan fingerprint density at radius 2 is 1.39 bits per heavy atom. The minimum absolute atomic E-state index is 0.697. The smallest absolute Gasteiger partial charge is 0.267 e. The third-order valence-corrected chi connectivity index (χ3v) is 3.84. The summed E-state index contributed by atoms with van der Waals surface area (Å²) in [4.78, 5) is 10.9. The zero-order valence-electron chi connectivity index (χ0n) is 9.49. The molecule has 0 aromatic rings. The van der Waals surface area contributed by atoms with E-state index in [4.69, 9.17) is 0 Å². The van der Waals surface area contributed by atoms with Gasteiger partial charge in [0.05, 0.1) is 18.8 Å². The number of hydrogen-bond acceptors (Lipinski definition) is 9. The molecule has 1 rings (SSSR count). The second-order valence-corrected chi connectivity index (χ2v) is 5.56. The van der Waals surface area contributed by atoms with Gasteiger partial charge >= 0.3 is 0 Å². The lowest BCUT2D eigenvalue weighted by Gasteiger charge is -2.42. The van der Waals surface area contributed by atoms with Crippen molar-refractivity contribution in [2.24, 2.45) is 5.92 Å². The summed E-state index contributed by atoms with van der Waals surface area (Å²) in [5, 5.41) is 47.2. The maximum atomic E-state index is 10.9. The molecule has 9 nitrogen and oxygen atoms in total. The molecule has 5 unspecified atom stereocenters. The summed E-state index contributed by atoms with van der Waals surface area (Å²) in [7, 11) is -3.68. The maximum Gasteiger partial charge on any atom is 0.267 e. The standard InChI is InChI=1S/C8H17O9P/c1-16-18(14,15)17-2-3-4(9)6(11)8(13)7(12)5(3)10/h3-13H,2H2,1H3,(H,14,15)/p-1. The molecule has 0 heterocycles. The molecule has 0 bridgehead atoms. The van der Waals surface area contributed by atoms with Crippen molar-refractivity contribution in [3.05, 3.63) is 0 Å². The highest BCUT2D eigenvalue weighted by Gasteiger charge is 2.48. The van der Waals surface area contributed by atoms with Gasteiger partial charge in [0.2, 0.25) is 0 Å². The minimum Gasteiger partial charge on any atom is -0.756 e. The van der Waals surface area contributed by atoms with Crippen LogP contribution >= 0.6 is 7.82 Å². The third-order valence-electron chi connectivity index (χ3n) is 2.93. The van der Waals surface area contributed by atoms with Crippen LogP contribution in [0, 0.1) is 5.92 Å². The number of aliphatic hydroxyl groups is 5. The van der Waals surface area contributed by atoms with Crippen molar-refractivity contribution >= 4 is 7.82 Å². The molecule has 0 saturated heterocycles. The van der Waals surface area contributed by atoms with Crippen molar-refractivity contribution in [3.8, 4) is 0 Å². The van der Waals surface area contributed by atoms with E-state index in [0.717, 1.165) is 7.11 Å². The number of aliphatic hydroxyl groups excluding tert-OH is 5. The first-order chi connectivity index (χ1) is 8.21. The van der Waals surface area contributed by atoms with Crippen LogP contribution in [0.1, 0.15) is 0 Å². The van der Waals surface area contributed by atoms with Crippen LogP contribution in [0.25, 0.3) is 0 Å². The van der Waals surface area contributed by atoms with E-state index in [1.165, 1.54) is 0 Å². The highest BCUT2D eigenvalue weighted by Crippen LogP contribution is 2.39. The molecule has 5 atom stereocenters. The lowest BCUT2D eigenvalue weighted by Crippen LogP contribution is -2.61. The second kappa shape index (κ2) is 5.91. The first-order valence-electron chi connectivity index (χ1n) is 5.13. The van der Waals surface area contributed by atoms with E-state index in [0.29, 0.717) is 0 Å². The molecule has 0 amide bonds. The van der Waals surface area contributed by atoms with Gasteiger partial charge in [-0.2, -0.15) is 0 Å². The summed E-state index contributed by atoms with van der Waals surface area (Å²) in [5.74, 6) is -1.28. The van der Waals surface area contributed by atoms with Crippen molar-refractivity contribution in [2.45, 2.75) is 30.5 Å². The van der Waals surface area contributed by atoms with E-state index in [9.17, 15) is 35.0 Å². The van der Waals surface area contributed by atoms with Gasteiger partial charge in [0.25, 0.3) is 7.82 Å². The van der Waals surface area contributed by atoms with Gasteiger partial charge in [-0.25, -0.2) is 0 Å². The van der Waals surface area contributed by atoms with E-state index < -0.39 is 50.9 Å². The Balaban J connectivity index is 2.72. The average molecular weight is 287 g/mol. The molecule has 18 heavy (non-hydrogen) atoms. The molecule has 0 radical (unpaired) electrons. The SMILES string of the molecule is COP(=O)([O-])OCC1C(O)C(O)C(O)C(O)C1O. The second-order valence-electron chi connectivity index (χ2n) is 4.04. The maximum absolute atomic E-state index is 10.9. The largest absolute Gasteiger partial charge is 0.756 e. The normalized spacial score (nSPS) is 44.6. The zero-order valence-corrected chi connectivity index (χ0v) is 10.4. The van der Waals surface area contributed by atoms with Crippen LogP contribution < -0.4 is 4.89 Å². The van der Waals surface area contributed by atoms with Crippen molar-refractivity contribution in [1.82, 2.24) is 0 Å². The van der Waals surface area contributed by atoms with Gasteiger partial charge in [-0.1, -0.05) is 0 Å². The Morgan fingerprint density at radius 3 is 1.78 bits per heavy atom. The van der Waals surface area contributed by atoms with Gasteiger partial charge in [0, 0.05) is 13.0 Å². The molecule has 1 saturated carbocycles. The highest BCUT2D eigenvalue weighted by atomic mass is 31.2. The van der Waals surface area contributed by atoms with Crippen molar-refractivity contribution in [2.75, 3.05) is 13.7 Å². The summed E-state index contributed by atoms with van der Waals surface area (Å²) in [6.07, 6.45) is -8.45. The molecule has 1 aliphatic rings. The van der Waals surface area contributed by atoms with Crippen LogP contribution in [0.4, 0.5) is 0 Å². The van der Waals surface area contributed by atoms with Crippen LogP contribution in [0.3, 0.4) is 0 Å². The highest BCUT2D eigenvalue weighted by molar-refractivity contribution is 7.45. The first-order valence-corrected chi connectivity index (χ1v) is 6.59. The lowest BCUT2D eigenvalue weighted by atomic mass is 9.79. The molecule has 108 valence electrons.